The summed E-state index contributed by atoms with van der Waals surface area (Å²) in [5, 5.41) is 0.525. The van der Waals surface area contributed by atoms with Gasteiger partial charge in [-0.3, -0.25) is 9.59 Å². The molecule has 0 fully saturated rings. The third kappa shape index (κ3) is 3.40. The summed E-state index contributed by atoms with van der Waals surface area (Å²) in [5.74, 6) is 5.71. The molecule has 0 spiro atoms. The lowest BCUT2D eigenvalue weighted by molar-refractivity contribution is 0.0990. The van der Waals surface area contributed by atoms with Crippen molar-refractivity contribution in [1.82, 2.24) is 0 Å². The number of ketones is 2. The monoisotopic (exact) mass is 464 g/mol. The third-order valence-corrected chi connectivity index (χ3v) is 7.53. The smallest absolute Gasteiger partial charge is 0.197 e. The predicted octanol–water partition coefficient (Wildman–Crippen LogP) is 7.13. The Morgan fingerprint density at radius 1 is 0.767 bits per heavy atom. The van der Waals surface area contributed by atoms with Gasteiger partial charge in [-0.25, -0.2) is 0 Å². The lowest BCUT2D eigenvalue weighted by Gasteiger charge is -1.98. The fourth-order valence-corrected chi connectivity index (χ4v) is 5.76. The summed E-state index contributed by atoms with van der Waals surface area (Å²) in [5.41, 5.74) is 1.72. The molecular formula is C24H10Cl2O2S2. The average Bonchev–Trinajstić information content (AvgIpc) is 3.35. The fourth-order valence-electron chi connectivity index (χ4n) is 3.23. The lowest BCUT2D eigenvalue weighted by atomic mass is 10.1. The zero-order chi connectivity index (χ0) is 20.8. The topological polar surface area (TPSA) is 34.1 Å². The van der Waals surface area contributed by atoms with Crippen molar-refractivity contribution >= 4 is 72.9 Å². The molecule has 0 bridgehead atoms. The predicted molar refractivity (Wildman–Crippen MR) is 125 cm³/mol. The van der Waals surface area contributed by atoms with Crippen LogP contribution in [0.1, 0.15) is 36.0 Å². The van der Waals surface area contributed by atoms with Gasteiger partial charge >= 0.3 is 0 Å². The number of benzene rings is 2. The summed E-state index contributed by atoms with van der Waals surface area (Å²) in [6.07, 6.45) is 1.65. The highest BCUT2D eigenvalue weighted by Crippen LogP contribution is 2.37. The van der Waals surface area contributed by atoms with Crippen molar-refractivity contribution in [2.24, 2.45) is 0 Å². The second-order valence-corrected chi connectivity index (χ2v) is 9.65. The molecule has 4 aromatic rings. The van der Waals surface area contributed by atoms with Crippen LogP contribution in [0.15, 0.2) is 60.2 Å². The van der Waals surface area contributed by atoms with Gasteiger partial charge in [0, 0.05) is 31.0 Å². The SMILES string of the molecule is O=C1C(=Cc2cc3sc(C#Cc4ccccc4)cc3s2)C(=O)c2cc(Cl)c(Cl)cc21. The number of Topliss-reactive ketones (excluding diaryl/α,β-unsaturated/α-hetero) is 2. The molecule has 1 aliphatic carbocycles. The standard InChI is InChI=1S/C24H10Cl2O2S2/c25-19-11-16-17(12-20(19)26)24(28)18(23(16)27)8-15-10-22-21(30-15)9-14(29-22)7-6-13-4-2-1-3-5-13/h1-5,8-12H. The second kappa shape index (κ2) is 7.54. The van der Waals surface area contributed by atoms with Gasteiger partial charge in [0.1, 0.15) is 0 Å². The minimum absolute atomic E-state index is 0.140. The molecule has 6 heteroatoms. The van der Waals surface area contributed by atoms with E-state index in [2.05, 4.69) is 11.8 Å². The number of halogens is 2. The largest absolute Gasteiger partial charge is 0.288 e. The van der Waals surface area contributed by atoms with E-state index < -0.39 is 0 Å². The van der Waals surface area contributed by atoms with Crippen molar-refractivity contribution in [2.45, 2.75) is 0 Å². The first-order valence-corrected chi connectivity index (χ1v) is 11.3. The first kappa shape index (κ1) is 19.3. The van der Waals surface area contributed by atoms with E-state index in [-0.39, 0.29) is 27.2 Å². The number of rotatable bonds is 1. The van der Waals surface area contributed by atoms with Crippen molar-refractivity contribution in [3.8, 4) is 11.8 Å². The molecular weight excluding hydrogens is 455 g/mol. The van der Waals surface area contributed by atoms with Crippen molar-refractivity contribution in [3.63, 3.8) is 0 Å². The molecule has 30 heavy (non-hydrogen) atoms. The van der Waals surface area contributed by atoms with E-state index in [1.807, 2.05) is 42.5 Å². The van der Waals surface area contributed by atoms with Crippen LogP contribution in [0.5, 0.6) is 0 Å². The van der Waals surface area contributed by atoms with E-state index in [0.717, 1.165) is 24.7 Å². The Morgan fingerprint density at radius 3 is 2.03 bits per heavy atom. The van der Waals surface area contributed by atoms with Crippen LogP contribution in [-0.2, 0) is 0 Å². The van der Waals surface area contributed by atoms with Crippen LogP contribution in [0.2, 0.25) is 10.0 Å². The summed E-state index contributed by atoms with van der Waals surface area (Å²) in [4.78, 5) is 27.2. The number of fused-ring (bicyclic) bond motifs is 2. The first-order chi connectivity index (χ1) is 14.5. The van der Waals surface area contributed by atoms with Crippen LogP contribution in [0.25, 0.3) is 15.5 Å². The zero-order valence-electron chi connectivity index (χ0n) is 15.2. The third-order valence-electron chi connectivity index (χ3n) is 4.66. The quantitative estimate of drug-likeness (QED) is 0.170. The molecule has 2 nitrogen and oxygen atoms in total. The number of carbonyl (C=O) groups excluding carboxylic acids is 2. The van der Waals surface area contributed by atoms with Crippen LogP contribution >= 0.6 is 45.9 Å². The van der Waals surface area contributed by atoms with Gasteiger partial charge in [0.25, 0.3) is 0 Å². The number of thiophene rings is 2. The Kier molecular flexibility index (Phi) is 4.85. The molecule has 144 valence electrons. The Labute approximate surface area is 190 Å². The molecule has 0 aliphatic heterocycles. The van der Waals surface area contributed by atoms with Crippen LogP contribution in [0.3, 0.4) is 0 Å². The van der Waals surface area contributed by atoms with Crippen molar-refractivity contribution < 1.29 is 9.59 Å². The van der Waals surface area contributed by atoms with E-state index >= 15 is 0 Å². The van der Waals surface area contributed by atoms with E-state index in [9.17, 15) is 9.59 Å². The Morgan fingerprint density at radius 2 is 1.40 bits per heavy atom. The van der Waals surface area contributed by atoms with Gasteiger partial charge in [0.2, 0.25) is 0 Å². The molecule has 2 aromatic carbocycles. The highest BCUT2D eigenvalue weighted by atomic mass is 35.5. The van der Waals surface area contributed by atoms with Gasteiger partial charge < -0.3 is 0 Å². The van der Waals surface area contributed by atoms with E-state index in [4.69, 9.17) is 23.2 Å². The molecule has 0 atom stereocenters. The molecule has 0 unspecified atom stereocenters. The molecule has 0 saturated carbocycles. The lowest BCUT2D eigenvalue weighted by Crippen LogP contribution is -1.99. The maximum Gasteiger partial charge on any atom is 0.197 e. The Bertz CT molecular complexity index is 1370. The minimum Gasteiger partial charge on any atom is -0.288 e. The Balaban J connectivity index is 1.46. The zero-order valence-corrected chi connectivity index (χ0v) is 18.3. The highest BCUT2D eigenvalue weighted by Gasteiger charge is 2.34. The summed E-state index contributed by atoms with van der Waals surface area (Å²) in [6.45, 7) is 0. The van der Waals surface area contributed by atoms with Crippen LogP contribution in [0, 0.1) is 11.8 Å². The van der Waals surface area contributed by atoms with Crippen LogP contribution in [0.4, 0.5) is 0 Å². The summed E-state index contributed by atoms with van der Waals surface area (Å²) >= 11 is 15.1. The van der Waals surface area contributed by atoms with Gasteiger partial charge in [-0.2, -0.15) is 0 Å². The second-order valence-electron chi connectivity index (χ2n) is 6.63. The first-order valence-electron chi connectivity index (χ1n) is 8.90. The maximum absolute atomic E-state index is 12.7. The van der Waals surface area contributed by atoms with Crippen molar-refractivity contribution in [1.29, 1.82) is 0 Å². The van der Waals surface area contributed by atoms with E-state index in [1.54, 1.807) is 17.4 Å². The number of carbonyl (C=O) groups is 2. The molecule has 0 radical (unpaired) electrons. The minimum atomic E-state index is -0.320. The molecule has 2 aromatic heterocycles. The molecule has 0 N–H and O–H groups in total. The summed E-state index contributed by atoms with van der Waals surface area (Å²) in [6, 6.07) is 16.8. The molecule has 2 heterocycles. The maximum atomic E-state index is 12.7. The van der Waals surface area contributed by atoms with Gasteiger partial charge in [0.05, 0.1) is 20.5 Å². The van der Waals surface area contributed by atoms with Crippen molar-refractivity contribution in [2.75, 3.05) is 0 Å². The van der Waals surface area contributed by atoms with Gasteiger partial charge in [0.15, 0.2) is 11.6 Å². The number of hydrogen-bond acceptors (Lipinski definition) is 4. The molecule has 1 aliphatic rings. The van der Waals surface area contributed by atoms with Gasteiger partial charge in [-0.1, -0.05) is 53.2 Å². The van der Waals surface area contributed by atoms with E-state index in [0.29, 0.717) is 11.1 Å². The summed E-state index contributed by atoms with van der Waals surface area (Å²) in [7, 11) is 0. The van der Waals surface area contributed by atoms with E-state index in [1.165, 1.54) is 23.5 Å². The number of allylic oxidation sites excluding steroid dienone is 1. The molecule has 0 amide bonds. The molecule has 5 rings (SSSR count). The van der Waals surface area contributed by atoms with Gasteiger partial charge in [-0.05, 0) is 42.5 Å². The van der Waals surface area contributed by atoms with Crippen LogP contribution < -0.4 is 0 Å². The molecule has 0 saturated heterocycles. The average molecular weight is 465 g/mol. The Hall–Kier alpha value is -2.68. The number of hydrogen-bond donors (Lipinski definition) is 0. The fraction of sp³-hybridized carbons (Fsp3) is 0. The summed E-state index contributed by atoms with van der Waals surface area (Å²) < 4.78 is 2.15. The van der Waals surface area contributed by atoms with Gasteiger partial charge in [-0.15, -0.1) is 22.7 Å². The normalized spacial score (nSPS) is 12.8. The highest BCUT2D eigenvalue weighted by molar-refractivity contribution is 7.28. The van der Waals surface area contributed by atoms with Crippen molar-refractivity contribution in [3.05, 3.63) is 96.7 Å². The van der Waals surface area contributed by atoms with Crippen LogP contribution in [-0.4, -0.2) is 11.6 Å².